The van der Waals surface area contributed by atoms with E-state index < -0.39 is 0 Å². The smallest absolute Gasteiger partial charge is 0.259 e. The van der Waals surface area contributed by atoms with Gasteiger partial charge in [-0.3, -0.25) is 4.79 Å². The summed E-state index contributed by atoms with van der Waals surface area (Å²) < 4.78 is 6.95. The molecule has 0 unspecified atom stereocenters. The fourth-order valence-corrected chi connectivity index (χ4v) is 2.97. The van der Waals surface area contributed by atoms with Crippen molar-refractivity contribution in [3.8, 4) is 11.6 Å². The molecule has 1 N–H and O–H groups in total. The van der Waals surface area contributed by atoms with Crippen LogP contribution in [0.3, 0.4) is 0 Å². The number of methoxy groups -OCH3 is 1. The fourth-order valence-electron chi connectivity index (χ4n) is 2.97. The van der Waals surface area contributed by atoms with Crippen LogP contribution in [0.1, 0.15) is 16.1 Å². The Balaban J connectivity index is 1.66. The Labute approximate surface area is 156 Å². The van der Waals surface area contributed by atoms with Gasteiger partial charge in [-0.05, 0) is 37.3 Å². The van der Waals surface area contributed by atoms with Crippen molar-refractivity contribution in [2.75, 3.05) is 12.4 Å². The van der Waals surface area contributed by atoms with Crippen LogP contribution in [0.4, 0.5) is 5.69 Å². The van der Waals surface area contributed by atoms with Crippen LogP contribution in [0, 0.1) is 6.92 Å². The Bertz CT molecular complexity index is 1130. The monoisotopic (exact) mass is 358 g/mol. The summed E-state index contributed by atoms with van der Waals surface area (Å²) in [5.74, 6) is 1.03. The Kier molecular flexibility index (Phi) is 4.30. The lowest BCUT2D eigenvalue weighted by Gasteiger charge is -2.10. The topological polar surface area (TPSA) is 69.0 Å². The summed E-state index contributed by atoms with van der Waals surface area (Å²) in [6.45, 7) is 1.85. The molecule has 27 heavy (non-hydrogen) atoms. The number of ether oxygens (including phenoxy) is 1. The van der Waals surface area contributed by atoms with E-state index in [1.54, 1.807) is 30.1 Å². The zero-order chi connectivity index (χ0) is 18.8. The third-order valence-electron chi connectivity index (χ3n) is 4.41. The number of carbonyl (C=O) groups excluding carboxylic acids is 1. The molecule has 0 aliphatic rings. The molecule has 0 bridgehead atoms. The number of nitrogens with one attached hydrogen (secondary N) is 1. The SMILES string of the molecule is COc1ccccc1NC(=O)c1cnn(-c2ccc3ccccc3n2)c1C. The number of carbonyl (C=O) groups is 1. The number of anilines is 1. The molecule has 2 aromatic heterocycles. The first kappa shape index (κ1) is 16.8. The predicted molar refractivity (Wildman–Crippen MR) is 105 cm³/mol. The van der Waals surface area contributed by atoms with Gasteiger partial charge in [0, 0.05) is 5.39 Å². The Morgan fingerprint density at radius 3 is 2.67 bits per heavy atom. The molecule has 0 saturated heterocycles. The fraction of sp³-hybridized carbons (Fsp3) is 0.0952. The summed E-state index contributed by atoms with van der Waals surface area (Å²) in [7, 11) is 1.57. The molecule has 6 nitrogen and oxygen atoms in total. The van der Waals surface area contributed by atoms with Gasteiger partial charge < -0.3 is 10.1 Å². The molecular weight excluding hydrogens is 340 g/mol. The standard InChI is InChI=1S/C21H18N4O2/c1-14-16(21(26)24-18-9-5-6-10-19(18)27-2)13-22-25(14)20-12-11-15-7-3-4-8-17(15)23-20/h3-13H,1-2H3,(H,24,26). The number of nitrogens with zero attached hydrogens (tertiary/aromatic N) is 3. The predicted octanol–water partition coefficient (Wildman–Crippen LogP) is 3.99. The largest absolute Gasteiger partial charge is 0.495 e. The lowest BCUT2D eigenvalue weighted by Crippen LogP contribution is -2.14. The molecule has 1 amide bonds. The third-order valence-corrected chi connectivity index (χ3v) is 4.41. The number of aromatic nitrogens is 3. The van der Waals surface area contributed by atoms with Crippen LogP contribution in [0.5, 0.6) is 5.75 Å². The van der Waals surface area contributed by atoms with Crippen molar-refractivity contribution in [2.45, 2.75) is 6.92 Å². The van der Waals surface area contributed by atoms with Crippen molar-refractivity contribution < 1.29 is 9.53 Å². The highest BCUT2D eigenvalue weighted by Crippen LogP contribution is 2.24. The van der Waals surface area contributed by atoms with Crippen molar-refractivity contribution in [2.24, 2.45) is 0 Å². The zero-order valence-electron chi connectivity index (χ0n) is 15.0. The van der Waals surface area contributed by atoms with Crippen LogP contribution >= 0.6 is 0 Å². The van der Waals surface area contributed by atoms with Crippen LogP contribution in [0.25, 0.3) is 16.7 Å². The molecular formula is C21H18N4O2. The minimum absolute atomic E-state index is 0.246. The summed E-state index contributed by atoms with van der Waals surface area (Å²) in [6.07, 6.45) is 1.55. The molecule has 4 rings (SSSR count). The number of rotatable bonds is 4. The van der Waals surface area contributed by atoms with Crippen molar-refractivity contribution in [3.63, 3.8) is 0 Å². The van der Waals surface area contributed by atoms with E-state index in [0.717, 1.165) is 10.9 Å². The van der Waals surface area contributed by atoms with Crippen LogP contribution < -0.4 is 10.1 Å². The number of fused-ring (bicyclic) bond motifs is 1. The van der Waals surface area contributed by atoms with Gasteiger partial charge in [0.25, 0.3) is 5.91 Å². The lowest BCUT2D eigenvalue weighted by atomic mass is 10.2. The van der Waals surface area contributed by atoms with E-state index in [1.165, 1.54) is 0 Å². The summed E-state index contributed by atoms with van der Waals surface area (Å²) in [5.41, 5.74) is 2.69. The van der Waals surface area contributed by atoms with Gasteiger partial charge in [0.2, 0.25) is 0 Å². The first-order valence-electron chi connectivity index (χ1n) is 8.52. The molecule has 0 fully saturated rings. The molecule has 2 heterocycles. The zero-order valence-corrected chi connectivity index (χ0v) is 15.0. The van der Waals surface area contributed by atoms with E-state index in [-0.39, 0.29) is 5.91 Å². The second kappa shape index (κ2) is 6.92. The van der Waals surface area contributed by atoms with E-state index in [0.29, 0.717) is 28.5 Å². The van der Waals surface area contributed by atoms with Crippen molar-refractivity contribution in [1.29, 1.82) is 0 Å². The van der Waals surface area contributed by atoms with Gasteiger partial charge in [0.05, 0.1) is 35.8 Å². The van der Waals surface area contributed by atoms with Gasteiger partial charge in [-0.1, -0.05) is 30.3 Å². The van der Waals surface area contributed by atoms with Gasteiger partial charge in [-0.25, -0.2) is 9.67 Å². The molecule has 0 saturated carbocycles. The number of hydrogen-bond donors (Lipinski definition) is 1. The normalized spacial score (nSPS) is 10.7. The van der Waals surface area contributed by atoms with E-state index in [1.807, 2.05) is 55.5 Å². The number of para-hydroxylation sites is 3. The highest BCUT2D eigenvalue weighted by atomic mass is 16.5. The third kappa shape index (κ3) is 3.13. The summed E-state index contributed by atoms with van der Waals surface area (Å²) in [5, 5.41) is 8.29. The van der Waals surface area contributed by atoms with Crippen LogP contribution in [0.2, 0.25) is 0 Å². The molecule has 0 radical (unpaired) electrons. The van der Waals surface area contributed by atoms with Gasteiger partial charge in [-0.15, -0.1) is 0 Å². The van der Waals surface area contributed by atoms with Crippen molar-refractivity contribution in [1.82, 2.24) is 14.8 Å². The number of hydrogen-bond acceptors (Lipinski definition) is 4. The molecule has 0 spiro atoms. The van der Waals surface area contributed by atoms with E-state index >= 15 is 0 Å². The number of pyridine rings is 1. The van der Waals surface area contributed by atoms with Gasteiger partial charge in [0.1, 0.15) is 5.75 Å². The first-order chi connectivity index (χ1) is 13.2. The maximum atomic E-state index is 12.7. The minimum atomic E-state index is -0.246. The summed E-state index contributed by atoms with van der Waals surface area (Å²) in [6, 6.07) is 19.0. The van der Waals surface area contributed by atoms with Gasteiger partial charge in [0.15, 0.2) is 5.82 Å². The second-order valence-corrected chi connectivity index (χ2v) is 6.07. The first-order valence-corrected chi connectivity index (χ1v) is 8.52. The molecule has 134 valence electrons. The maximum absolute atomic E-state index is 12.7. The molecule has 2 aromatic carbocycles. The van der Waals surface area contributed by atoms with Gasteiger partial charge in [-0.2, -0.15) is 5.10 Å². The van der Waals surface area contributed by atoms with E-state index in [9.17, 15) is 4.79 Å². The van der Waals surface area contributed by atoms with Crippen molar-refractivity contribution >= 4 is 22.5 Å². The van der Waals surface area contributed by atoms with Crippen LogP contribution in [-0.4, -0.2) is 27.8 Å². The molecule has 0 atom stereocenters. The Hall–Kier alpha value is -3.67. The lowest BCUT2D eigenvalue weighted by molar-refractivity contribution is 0.102. The van der Waals surface area contributed by atoms with Crippen LogP contribution in [-0.2, 0) is 0 Å². The summed E-state index contributed by atoms with van der Waals surface area (Å²) >= 11 is 0. The average Bonchev–Trinajstić information content (AvgIpc) is 3.09. The molecule has 0 aliphatic carbocycles. The highest BCUT2D eigenvalue weighted by Gasteiger charge is 2.17. The molecule has 4 aromatic rings. The van der Waals surface area contributed by atoms with E-state index in [2.05, 4.69) is 15.4 Å². The number of benzene rings is 2. The molecule has 0 aliphatic heterocycles. The van der Waals surface area contributed by atoms with Crippen molar-refractivity contribution in [3.05, 3.63) is 78.1 Å². The quantitative estimate of drug-likeness (QED) is 0.599. The maximum Gasteiger partial charge on any atom is 0.259 e. The number of amides is 1. The summed E-state index contributed by atoms with van der Waals surface area (Å²) in [4.78, 5) is 17.4. The average molecular weight is 358 g/mol. The Morgan fingerprint density at radius 1 is 1.04 bits per heavy atom. The van der Waals surface area contributed by atoms with Gasteiger partial charge >= 0.3 is 0 Å². The Morgan fingerprint density at radius 2 is 1.81 bits per heavy atom. The van der Waals surface area contributed by atoms with E-state index in [4.69, 9.17) is 4.74 Å². The molecule has 6 heteroatoms. The highest BCUT2D eigenvalue weighted by molar-refractivity contribution is 6.05. The van der Waals surface area contributed by atoms with Crippen LogP contribution in [0.15, 0.2) is 66.9 Å². The minimum Gasteiger partial charge on any atom is -0.495 e. The second-order valence-electron chi connectivity index (χ2n) is 6.07.